The van der Waals surface area contributed by atoms with E-state index >= 15 is 0 Å². The molecule has 1 fully saturated rings. The van der Waals surface area contributed by atoms with Gasteiger partial charge in [0.25, 0.3) is 11.5 Å². The fourth-order valence-corrected chi connectivity index (χ4v) is 4.50. The lowest BCUT2D eigenvalue weighted by Crippen LogP contribution is -2.50. The summed E-state index contributed by atoms with van der Waals surface area (Å²) >= 11 is 1.28. The third-order valence-electron chi connectivity index (χ3n) is 5.18. The van der Waals surface area contributed by atoms with Gasteiger partial charge < -0.3 is 4.90 Å². The number of likely N-dealkylation sites (tertiary alicyclic amines) is 1. The van der Waals surface area contributed by atoms with E-state index in [9.17, 15) is 9.59 Å². The molecule has 28 heavy (non-hydrogen) atoms. The van der Waals surface area contributed by atoms with Crippen molar-refractivity contribution in [1.82, 2.24) is 29.4 Å². The first-order valence-electron chi connectivity index (χ1n) is 9.08. The van der Waals surface area contributed by atoms with Gasteiger partial charge in [0, 0.05) is 26.3 Å². The molecule has 1 saturated heterocycles. The van der Waals surface area contributed by atoms with Gasteiger partial charge in [0.05, 0.1) is 29.2 Å². The van der Waals surface area contributed by atoms with Crippen LogP contribution >= 0.6 is 11.3 Å². The highest BCUT2D eigenvalue weighted by Gasteiger charge is 2.35. The molecule has 0 spiro atoms. The number of hydrogen-bond donors (Lipinski definition) is 0. The van der Waals surface area contributed by atoms with E-state index in [1.54, 1.807) is 11.9 Å². The predicted molar refractivity (Wildman–Crippen MR) is 107 cm³/mol. The summed E-state index contributed by atoms with van der Waals surface area (Å²) in [4.78, 5) is 32.5. The van der Waals surface area contributed by atoms with Crippen molar-refractivity contribution in [2.45, 2.75) is 33.7 Å². The lowest BCUT2D eigenvalue weighted by atomic mass is 10.1. The highest BCUT2D eigenvalue weighted by Crippen LogP contribution is 2.31. The number of nitrogens with zero attached hydrogens (tertiary/aromatic N) is 6. The number of aromatic nitrogens is 5. The number of aryl methyl sites for hydroxylation is 4. The summed E-state index contributed by atoms with van der Waals surface area (Å²) in [6, 6.07) is 0.211. The molecule has 0 N–H and O–H groups in total. The standard InChI is InChI=1S/C19H22N6O2S/c1-10-6-20-25(7-10)14-8-24(9-14)19(27)16-13(4)21-17(28-16)15-11(2)12(3)22-23(5)18(15)26/h6-7,14H,8-9H2,1-5H3. The van der Waals surface area contributed by atoms with E-state index in [0.29, 0.717) is 34.2 Å². The molecule has 1 aliphatic heterocycles. The van der Waals surface area contributed by atoms with Crippen molar-refractivity contribution in [3.05, 3.63) is 50.1 Å². The van der Waals surface area contributed by atoms with Crippen LogP contribution in [-0.2, 0) is 7.05 Å². The first-order valence-corrected chi connectivity index (χ1v) is 9.90. The van der Waals surface area contributed by atoms with Crippen LogP contribution in [0.5, 0.6) is 0 Å². The molecule has 0 radical (unpaired) electrons. The van der Waals surface area contributed by atoms with Crippen LogP contribution in [0.15, 0.2) is 17.2 Å². The number of carbonyl (C=O) groups is 1. The zero-order chi connectivity index (χ0) is 20.2. The fourth-order valence-electron chi connectivity index (χ4n) is 3.37. The molecule has 4 rings (SSSR count). The van der Waals surface area contributed by atoms with Gasteiger partial charge in [-0.3, -0.25) is 14.3 Å². The largest absolute Gasteiger partial charge is 0.333 e. The third-order valence-corrected chi connectivity index (χ3v) is 6.35. The van der Waals surface area contributed by atoms with E-state index in [-0.39, 0.29) is 17.5 Å². The summed E-state index contributed by atoms with van der Waals surface area (Å²) in [5, 5.41) is 9.11. The topological polar surface area (TPSA) is 85.9 Å². The van der Waals surface area contributed by atoms with Crippen molar-refractivity contribution >= 4 is 17.2 Å². The van der Waals surface area contributed by atoms with Gasteiger partial charge in [-0.1, -0.05) is 0 Å². The minimum Gasteiger partial charge on any atom is -0.333 e. The molecule has 0 saturated carbocycles. The van der Waals surface area contributed by atoms with Crippen LogP contribution in [0.4, 0.5) is 0 Å². The minimum absolute atomic E-state index is 0.0402. The molecule has 0 aliphatic carbocycles. The van der Waals surface area contributed by atoms with Crippen LogP contribution in [0.1, 0.15) is 38.2 Å². The Morgan fingerprint density at radius 3 is 2.54 bits per heavy atom. The Morgan fingerprint density at radius 2 is 1.89 bits per heavy atom. The molecule has 1 aliphatic rings. The monoisotopic (exact) mass is 398 g/mol. The summed E-state index contributed by atoms with van der Waals surface area (Å²) < 4.78 is 3.23. The van der Waals surface area contributed by atoms with Crippen molar-refractivity contribution in [3.8, 4) is 10.6 Å². The molecule has 0 bridgehead atoms. The number of thiazole rings is 1. The Hall–Kier alpha value is -2.81. The normalized spacial score (nSPS) is 14.4. The Balaban J connectivity index is 1.59. The third kappa shape index (κ3) is 2.95. The Kier molecular flexibility index (Phi) is 4.41. The molecule has 0 aromatic carbocycles. The summed E-state index contributed by atoms with van der Waals surface area (Å²) in [5.41, 5.74) is 3.66. The molecule has 9 heteroatoms. The van der Waals surface area contributed by atoms with Gasteiger partial charge >= 0.3 is 0 Å². The van der Waals surface area contributed by atoms with E-state index in [4.69, 9.17) is 0 Å². The second-order valence-electron chi connectivity index (χ2n) is 7.31. The second kappa shape index (κ2) is 6.66. The smallest absolute Gasteiger partial charge is 0.277 e. The van der Waals surface area contributed by atoms with Gasteiger partial charge in [-0.05, 0) is 38.8 Å². The van der Waals surface area contributed by atoms with Crippen LogP contribution in [0, 0.1) is 27.7 Å². The molecule has 146 valence electrons. The average Bonchev–Trinajstić information content (AvgIpc) is 3.18. The minimum atomic E-state index is -0.200. The maximum Gasteiger partial charge on any atom is 0.277 e. The second-order valence-corrected chi connectivity index (χ2v) is 8.31. The predicted octanol–water partition coefficient (Wildman–Crippen LogP) is 2.03. The van der Waals surface area contributed by atoms with Crippen molar-refractivity contribution in [3.63, 3.8) is 0 Å². The lowest BCUT2D eigenvalue weighted by molar-refractivity contribution is 0.0505. The maximum absolute atomic E-state index is 12.9. The summed E-state index contributed by atoms with van der Waals surface area (Å²) in [6.45, 7) is 8.80. The number of rotatable bonds is 3. The molecular formula is C19H22N6O2S. The van der Waals surface area contributed by atoms with E-state index in [1.807, 2.05) is 44.8 Å². The quantitative estimate of drug-likeness (QED) is 0.674. The van der Waals surface area contributed by atoms with Gasteiger partial charge in [-0.25, -0.2) is 9.67 Å². The highest BCUT2D eigenvalue weighted by molar-refractivity contribution is 7.17. The van der Waals surface area contributed by atoms with Crippen LogP contribution in [0.3, 0.4) is 0 Å². The molecule has 3 aromatic rings. The van der Waals surface area contributed by atoms with Crippen molar-refractivity contribution < 1.29 is 4.79 Å². The van der Waals surface area contributed by atoms with Crippen LogP contribution in [0.2, 0.25) is 0 Å². The number of carbonyl (C=O) groups excluding carboxylic acids is 1. The van der Waals surface area contributed by atoms with E-state index in [2.05, 4.69) is 15.2 Å². The molecular weight excluding hydrogens is 376 g/mol. The van der Waals surface area contributed by atoms with Gasteiger partial charge in [-0.15, -0.1) is 11.3 Å². The van der Waals surface area contributed by atoms with Crippen LogP contribution < -0.4 is 5.56 Å². The van der Waals surface area contributed by atoms with Gasteiger partial charge in [-0.2, -0.15) is 10.2 Å². The van der Waals surface area contributed by atoms with Gasteiger partial charge in [0.15, 0.2) is 0 Å². The SMILES string of the molecule is Cc1cnn(C2CN(C(=O)c3sc(-c4c(C)c(C)nn(C)c4=O)nc3C)C2)c1. The average molecular weight is 398 g/mol. The van der Waals surface area contributed by atoms with Crippen LogP contribution in [-0.4, -0.2) is 48.4 Å². The maximum atomic E-state index is 12.9. The van der Waals surface area contributed by atoms with Crippen molar-refractivity contribution in [2.75, 3.05) is 13.1 Å². The first kappa shape index (κ1) is 18.5. The molecule has 3 aromatic heterocycles. The van der Waals surface area contributed by atoms with E-state index < -0.39 is 0 Å². The zero-order valence-corrected chi connectivity index (χ0v) is 17.4. The molecule has 8 nitrogen and oxygen atoms in total. The van der Waals surface area contributed by atoms with Crippen molar-refractivity contribution in [2.24, 2.45) is 7.05 Å². The molecule has 0 unspecified atom stereocenters. The highest BCUT2D eigenvalue weighted by atomic mass is 32.1. The van der Waals surface area contributed by atoms with E-state index in [0.717, 1.165) is 16.8 Å². The fraction of sp³-hybridized carbons (Fsp3) is 0.421. The van der Waals surface area contributed by atoms with Gasteiger partial charge in [0.2, 0.25) is 0 Å². The summed E-state index contributed by atoms with van der Waals surface area (Å²) in [7, 11) is 1.63. The van der Waals surface area contributed by atoms with Crippen molar-refractivity contribution in [1.29, 1.82) is 0 Å². The Morgan fingerprint density at radius 1 is 1.18 bits per heavy atom. The number of amides is 1. The lowest BCUT2D eigenvalue weighted by Gasteiger charge is -2.39. The Bertz CT molecular complexity index is 1140. The first-order chi connectivity index (χ1) is 13.3. The Labute approximate surface area is 166 Å². The van der Waals surface area contributed by atoms with Crippen LogP contribution in [0.25, 0.3) is 10.6 Å². The molecule has 0 atom stereocenters. The van der Waals surface area contributed by atoms with E-state index in [1.165, 1.54) is 16.0 Å². The molecule has 1 amide bonds. The van der Waals surface area contributed by atoms with Gasteiger partial charge in [0.1, 0.15) is 9.88 Å². The summed E-state index contributed by atoms with van der Waals surface area (Å²) in [5.74, 6) is -0.0402. The molecule has 4 heterocycles. The summed E-state index contributed by atoms with van der Waals surface area (Å²) in [6.07, 6.45) is 3.82. The zero-order valence-electron chi connectivity index (χ0n) is 16.6. The number of hydrogen-bond acceptors (Lipinski definition) is 6.